The number of aliphatic hydroxyl groups is 1. The van der Waals surface area contributed by atoms with Gasteiger partial charge in [0.1, 0.15) is 11.5 Å². The van der Waals surface area contributed by atoms with Crippen LogP contribution in [0.3, 0.4) is 0 Å². The van der Waals surface area contributed by atoms with Gasteiger partial charge in [0, 0.05) is 32.9 Å². The number of ether oxygens (including phenoxy) is 2. The molecule has 0 radical (unpaired) electrons. The molecule has 0 saturated heterocycles. The Morgan fingerprint density at radius 2 is 1.92 bits per heavy atom. The van der Waals surface area contributed by atoms with E-state index in [1.54, 1.807) is 19.2 Å². The molecule has 0 spiro atoms. The van der Waals surface area contributed by atoms with Gasteiger partial charge < -0.3 is 24.4 Å². The van der Waals surface area contributed by atoms with E-state index in [4.69, 9.17) is 4.74 Å². The zero-order valence-corrected chi connectivity index (χ0v) is 21.3. The van der Waals surface area contributed by atoms with Crippen LogP contribution in [0.2, 0.25) is 0 Å². The molecule has 0 fully saturated rings. The summed E-state index contributed by atoms with van der Waals surface area (Å²) in [6.45, 7) is 3.67. The van der Waals surface area contributed by atoms with Crippen molar-refractivity contribution in [2.24, 2.45) is 0 Å². The quantitative estimate of drug-likeness (QED) is 0.372. The molecule has 1 aromatic carbocycles. The van der Waals surface area contributed by atoms with E-state index in [2.05, 4.69) is 14.7 Å². The lowest BCUT2D eigenvalue weighted by Crippen LogP contribution is -2.32. The van der Waals surface area contributed by atoms with Gasteiger partial charge in [-0.15, -0.1) is 13.2 Å². The highest BCUT2D eigenvalue weighted by atomic mass is 19.4. The van der Waals surface area contributed by atoms with Crippen LogP contribution in [-0.4, -0.2) is 70.0 Å². The van der Waals surface area contributed by atoms with Gasteiger partial charge in [0.2, 0.25) is 6.41 Å². The Balaban J connectivity index is 2.11. The van der Waals surface area contributed by atoms with Gasteiger partial charge in [-0.3, -0.25) is 19.1 Å². The minimum absolute atomic E-state index is 0.000627. The molecule has 13 heteroatoms. The number of pyridine rings is 1. The first-order chi connectivity index (χ1) is 17.9. The number of aryl methyl sites for hydroxylation is 1. The lowest BCUT2D eigenvalue weighted by Gasteiger charge is -2.21. The van der Waals surface area contributed by atoms with Crippen LogP contribution in [0.1, 0.15) is 35.1 Å². The van der Waals surface area contributed by atoms with Crippen LogP contribution < -0.4 is 14.4 Å². The highest BCUT2D eigenvalue weighted by molar-refractivity contribution is 5.99. The highest BCUT2D eigenvalue weighted by Crippen LogP contribution is 2.32. The van der Waals surface area contributed by atoms with E-state index >= 15 is 0 Å². The summed E-state index contributed by atoms with van der Waals surface area (Å²) in [6, 6.07) is 8.24. The summed E-state index contributed by atoms with van der Waals surface area (Å²) in [4.78, 5) is 36.4. The Bertz CT molecular complexity index is 1260. The fourth-order valence-electron chi connectivity index (χ4n) is 3.41. The second-order valence-corrected chi connectivity index (χ2v) is 8.69. The number of hydrogen-bond donors (Lipinski definition) is 1. The van der Waals surface area contributed by atoms with E-state index in [0.717, 1.165) is 22.6 Å². The number of anilines is 1. The van der Waals surface area contributed by atoms with Crippen molar-refractivity contribution in [1.82, 2.24) is 19.4 Å². The van der Waals surface area contributed by atoms with Gasteiger partial charge in [-0.25, -0.2) is 0 Å². The Morgan fingerprint density at radius 1 is 1.21 bits per heavy atom. The topological polar surface area (TPSA) is 110 Å². The number of aliphatic hydroxyl groups excluding tert-OH is 1. The molecule has 3 rings (SSSR count). The molecule has 0 aliphatic heterocycles. The Labute approximate surface area is 217 Å². The zero-order valence-electron chi connectivity index (χ0n) is 21.3. The summed E-state index contributed by atoms with van der Waals surface area (Å²) >= 11 is 0. The molecule has 2 aromatic heterocycles. The number of nitrogens with zero attached hydrogens (tertiary/aromatic N) is 5. The standard InChI is InChI=1S/C25H28F3N5O5/c1-16-8-9-18(29-13-16)14-33-21(23(36)31(3)11-10-17(2)35)22(32(4)15-34)30-24(33)37-19-6-5-7-20(12-19)38-25(26,27)28/h5-9,12-13,15,17,35H,10-11,14H2,1-4H3. The molecule has 1 unspecified atom stereocenters. The molecule has 10 nitrogen and oxygen atoms in total. The molecule has 2 amide bonds. The first-order valence-corrected chi connectivity index (χ1v) is 11.5. The minimum atomic E-state index is -4.90. The van der Waals surface area contributed by atoms with Gasteiger partial charge >= 0.3 is 12.4 Å². The van der Waals surface area contributed by atoms with Crippen LogP contribution in [0.4, 0.5) is 19.0 Å². The predicted octanol–water partition coefficient (Wildman–Crippen LogP) is 3.76. The number of carbonyl (C=O) groups is 2. The lowest BCUT2D eigenvalue weighted by atomic mass is 10.2. The Kier molecular flexibility index (Phi) is 8.94. The third-order valence-corrected chi connectivity index (χ3v) is 5.38. The van der Waals surface area contributed by atoms with Crippen LogP contribution in [0, 0.1) is 6.92 Å². The molecular formula is C25H28F3N5O5. The van der Waals surface area contributed by atoms with Gasteiger partial charge in [-0.2, -0.15) is 4.98 Å². The number of alkyl halides is 3. The predicted molar refractivity (Wildman–Crippen MR) is 131 cm³/mol. The minimum Gasteiger partial charge on any atom is -0.425 e. The summed E-state index contributed by atoms with van der Waals surface area (Å²) in [7, 11) is 2.94. The smallest absolute Gasteiger partial charge is 0.425 e. The van der Waals surface area contributed by atoms with Crippen LogP contribution in [0.5, 0.6) is 17.5 Å². The molecule has 1 atom stereocenters. The number of aromatic nitrogens is 3. The third kappa shape index (κ3) is 7.44. The van der Waals surface area contributed by atoms with E-state index in [-0.39, 0.29) is 36.4 Å². The van der Waals surface area contributed by atoms with Crippen molar-refractivity contribution in [2.45, 2.75) is 39.3 Å². The molecular weight excluding hydrogens is 507 g/mol. The van der Waals surface area contributed by atoms with Gasteiger partial charge in [0.25, 0.3) is 5.91 Å². The second kappa shape index (κ2) is 11.9. The zero-order chi connectivity index (χ0) is 28.0. The molecule has 38 heavy (non-hydrogen) atoms. The lowest BCUT2D eigenvalue weighted by molar-refractivity contribution is -0.274. The summed E-state index contributed by atoms with van der Waals surface area (Å²) in [6.07, 6.45) is -3.13. The van der Waals surface area contributed by atoms with E-state index < -0.39 is 24.1 Å². The maximum absolute atomic E-state index is 13.6. The van der Waals surface area contributed by atoms with Crippen molar-refractivity contribution in [3.05, 3.63) is 59.5 Å². The number of amides is 2. The van der Waals surface area contributed by atoms with Crippen molar-refractivity contribution in [3.63, 3.8) is 0 Å². The SMILES string of the molecule is Cc1ccc(Cn2c(Oc3cccc(OC(F)(F)F)c3)nc(N(C)C=O)c2C(=O)N(C)CCC(C)O)nc1. The van der Waals surface area contributed by atoms with E-state index in [1.807, 2.05) is 13.0 Å². The average molecular weight is 536 g/mol. The fourth-order valence-corrected chi connectivity index (χ4v) is 3.41. The van der Waals surface area contributed by atoms with Crippen molar-refractivity contribution in [1.29, 1.82) is 0 Å². The van der Waals surface area contributed by atoms with Crippen LogP contribution in [-0.2, 0) is 11.3 Å². The first kappa shape index (κ1) is 28.4. The van der Waals surface area contributed by atoms with Crippen molar-refractivity contribution in [3.8, 4) is 17.5 Å². The normalized spacial score (nSPS) is 12.1. The first-order valence-electron chi connectivity index (χ1n) is 11.5. The fraction of sp³-hybridized carbons (Fsp3) is 0.360. The molecule has 0 saturated carbocycles. The van der Waals surface area contributed by atoms with Gasteiger partial charge in [-0.1, -0.05) is 12.1 Å². The molecule has 2 heterocycles. The average Bonchev–Trinajstić information content (AvgIpc) is 3.19. The molecule has 0 bridgehead atoms. The number of halogens is 3. The number of rotatable bonds is 11. The summed E-state index contributed by atoms with van der Waals surface area (Å²) in [5, 5.41) is 9.65. The molecule has 0 aliphatic rings. The maximum atomic E-state index is 13.6. The van der Waals surface area contributed by atoms with Crippen molar-refractivity contribution >= 4 is 18.1 Å². The summed E-state index contributed by atoms with van der Waals surface area (Å²) in [5.74, 6) is -1.10. The Hall–Kier alpha value is -4.13. The number of hydrogen-bond acceptors (Lipinski definition) is 7. The largest absolute Gasteiger partial charge is 0.573 e. The van der Waals surface area contributed by atoms with E-state index in [0.29, 0.717) is 18.5 Å². The number of benzene rings is 1. The molecule has 204 valence electrons. The van der Waals surface area contributed by atoms with Gasteiger partial charge in [-0.05, 0) is 44.0 Å². The molecule has 1 N–H and O–H groups in total. The second-order valence-electron chi connectivity index (χ2n) is 8.69. The van der Waals surface area contributed by atoms with Crippen LogP contribution >= 0.6 is 0 Å². The maximum Gasteiger partial charge on any atom is 0.573 e. The molecule has 0 aliphatic carbocycles. The van der Waals surface area contributed by atoms with Gasteiger partial charge in [0.15, 0.2) is 11.5 Å². The highest BCUT2D eigenvalue weighted by Gasteiger charge is 2.32. The van der Waals surface area contributed by atoms with Crippen LogP contribution in [0.25, 0.3) is 0 Å². The van der Waals surface area contributed by atoms with Gasteiger partial charge in [0.05, 0.1) is 18.3 Å². The Morgan fingerprint density at radius 3 is 2.53 bits per heavy atom. The van der Waals surface area contributed by atoms with Crippen LogP contribution in [0.15, 0.2) is 42.6 Å². The monoisotopic (exact) mass is 535 g/mol. The summed E-state index contributed by atoms with van der Waals surface area (Å²) < 4.78 is 49.3. The van der Waals surface area contributed by atoms with E-state index in [1.165, 1.54) is 35.7 Å². The summed E-state index contributed by atoms with van der Waals surface area (Å²) in [5.41, 5.74) is 1.44. The number of carbonyl (C=O) groups excluding carboxylic acids is 2. The third-order valence-electron chi connectivity index (χ3n) is 5.38. The van der Waals surface area contributed by atoms with E-state index in [9.17, 15) is 27.9 Å². The van der Waals surface area contributed by atoms with Crippen molar-refractivity contribution in [2.75, 3.05) is 25.5 Å². The van der Waals surface area contributed by atoms with Crippen molar-refractivity contribution < 1.29 is 37.3 Å². The molecule has 3 aromatic rings. The number of imidazole rings is 1.